The molecule has 1 atom stereocenters. The van der Waals surface area contributed by atoms with Crippen LogP contribution in [0, 0.1) is 5.82 Å². The Labute approximate surface area is 173 Å². The maximum atomic E-state index is 14.3. The van der Waals surface area contributed by atoms with Gasteiger partial charge in [0.25, 0.3) is 5.91 Å². The van der Waals surface area contributed by atoms with Crippen LogP contribution in [0.4, 0.5) is 4.39 Å². The minimum Gasteiger partial charge on any atom is -0.336 e. The lowest BCUT2D eigenvalue weighted by Gasteiger charge is -2.40. The van der Waals surface area contributed by atoms with Crippen LogP contribution in [0.1, 0.15) is 36.3 Å². The number of piperazine rings is 1. The van der Waals surface area contributed by atoms with E-state index < -0.39 is 0 Å². The molecule has 1 unspecified atom stereocenters. The summed E-state index contributed by atoms with van der Waals surface area (Å²) in [6.07, 6.45) is 0.472. The molecule has 152 valence electrons. The Morgan fingerprint density at radius 2 is 2.00 bits per heavy atom. The van der Waals surface area contributed by atoms with Crippen LogP contribution in [-0.4, -0.2) is 51.9 Å². The molecule has 1 saturated heterocycles. The summed E-state index contributed by atoms with van der Waals surface area (Å²) in [5.41, 5.74) is 1.12. The second kappa shape index (κ2) is 7.99. The van der Waals surface area contributed by atoms with E-state index in [-0.39, 0.29) is 23.7 Å². The van der Waals surface area contributed by atoms with Gasteiger partial charge in [-0.2, -0.15) is 0 Å². The number of carbonyl (C=O) groups is 2. The molecule has 3 aromatic rings. The number of benzene rings is 1. The molecule has 1 aliphatic rings. The van der Waals surface area contributed by atoms with Gasteiger partial charge in [-0.15, -0.1) is 11.3 Å². The van der Waals surface area contributed by atoms with E-state index >= 15 is 0 Å². The van der Waals surface area contributed by atoms with E-state index in [1.165, 1.54) is 6.07 Å². The minimum absolute atomic E-state index is 0.0174. The number of hydrogen-bond donors (Lipinski definition) is 0. The van der Waals surface area contributed by atoms with E-state index in [4.69, 9.17) is 0 Å². The second-order valence-corrected chi connectivity index (χ2v) is 8.32. The van der Waals surface area contributed by atoms with E-state index in [2.05, 4.69) is 0 Å². The van der Waals surface area contributed by atoms with Gasteiger partial charge < -0.3 is 14.4 Å². The molecule has 5 nitrogen and oxygen atoms in total. The van der Waals surface area contributed by atoms with Crippen LogP contribution < -0.4 is 0 Å². The third-order valence-electron chi connectivity index (χ3n) is 5.55. The van der Waals surface area contributed by atoms with E-state index in [9.17, 15) is 14.0 Å². The smallest absolute Gasteiger partial charge is 0.270 e. The minimum atomic E-state index is -0.274. The highest BCUT2D eigenvalue weighted by Crippen LogP contribution is 2.28. The van der Waals surface area contributed by atoms with Crippen molar-refractivity contribution >= 4 is 33.4 Å². The predicted octanol–water partition coefficient (Wildman–Crippen LogP) is 3.97. The lowest BCUT2D eigenvalue weighted by Crippen LogP contribution is -2.55. The number of thiophene rings is 1. The maximum absolute atomic E-state index is 14.3. The summed E-state index contributed by atoms with van der Waals surface area (Å²) in [5, 5.41) is 2.97. The maximum Gasteiger partial charge on any atom is 0.270 e. The van der Waals surface area contributed by atoms with E-state index in [0.717, 1.165) is 10.2 Å². The van der Waals surface area contributed by atoms with Crippen molar-refractivity contribution in [2.24, 2.45) is 0 Å². The van der Waals surface area contributed by atoms with Crippen LogP contribution in [0.25, 0.3) is 10.2 Å². The lowest BCUT2D eigenvalue weighted by molar-refractivity contribution is -0.134. The van der Waals surface area contributed by atoms with Crippen LogP contribution >= 0.6 is 11.3 Å². The summed E-state index contributed by atoms with van der Waals surface area (Å²) in [4.78, 5) is 30.1. The second-order valence-electron chi connectivity index (χ2n) is 7.43. The Morgan fingerprint density at radius 3 is 2.72 bits per heavy atom. The van der Waals surface area contributed by atoms with Crippen molar-refractivity contribution in [3.63, 3.8) is 0 Å². The first-order valence-corrected chi connectivity index (χ1v) is 10.8. The van der Waals surface area contributed by atoms with Crippen LogP contribution in [0.5, 0.6) is 0 Å². The van der Waals surface area contributed by atoms with Gasteiger partial charge in [-0.05, 0) is 30.5 Å². The summed E-state index contributed by atoms with van der Waals surface area (Å²) in [6.45, 7) is 5.69. The molecule has 2 aromatic heterocycles. The molecule has 7 heteroatoms. The van der Waals surface area contributed by atoms with Gasteiger partial charge in [0.1, 0.15) is 16.3 Å². The number of nitrogens with zero attached hydrogens (tertiary/aromatic N) is 3. The Kier molecular flexibility index (Phi) is 5.41. The molecule has 0 aliphatic carbocycles. The lowest BCUT2D eigenvalue weighted by atomic mass is 10.1. The zero-order chi connectivity index (χ0) is 20.5. The Hall–Kier alpha value is -2.67. The molecular weight excluding hydrogens is 389 g/mol. The molecule has 29 heavy (non-hydrogen) atoms. The summed E-state index contributed by atoms with van der Waals surface area (Å²) in [5.74, 6) is -0.224. The molecule has 0 saturated carbocycles. The number of amides is 2. The fourth-order valence-electron chi connectivity index (χ4n) is 3.98. The number of carbonyl (C=O) groups excluding carboxylic acids is 2. The average molecular weight is 414 g/mol. The molecular formula is C22H24FN3O2S. The average Bonchev–Trinajstić information content (AvgIpc) is 3.31. The quantitative estimate of drug-likeness (QED) is 0.650. The fourth-order valence-corrected chi connectivity index (χ4v) is 4.88. The SMILES string of the molecule is CCC(=O)N1CCN(C(=O)c2cc3ccsc3n2Cc2ccccc2F)CC1C. The molecule has 3 heterocycles. The number of fused-ring (bicyclic) bond motifs is 1. The molecule has 1 fully saturated rings. The molecule has 0 N–H and O–H groups in total. The van der Waals surface area contributed by atoms with Crippen molar-refractivity contribution < 1.29 is 14.0 Å². The molecule has 4 rings (SSSR count). The highest BCUT2D eigenvalue weighted by molar-refractivity contribution is 7.16. The monoisotopic (exact) mass is 413 g/mol. The summed E-state index contributed by atoms with van der Waals surface area (Å²) in [6, 6.07) is 10.5. The van der Waals surface area contributed by atoms with Gasteiger partial charge in [0, 0.05) is 43.0 Å². The highest BCUT2D eigenvalue weighted by Gasteiger charge is 2.31. The first-order chi connectivity index (χ1) is 14.0. The van der Waals surface area contributed by atoms with Crippen LogP contribution in [-0.2, 0) is 11.3 Å². The molecule has 1 aromatic carbocycles. The van der Waals surface area contributed by atoms with E-state index in [0.29, 0.717) is 43.9 Å². The van der Waals surface area contributed by atoms with Gasteiger partial charge in [-0.3, -0.25) is 9.59 Å². The summed E-state index contributed by atoms with van der Waals surface area (Å²) in [7, 11) is 0. The van der Waals surface area contributed by atoms with E-state index in [1.807, 2.05) is 40.8 Å². The topological polar surface area (TPSA) is 45.6 Å². The normalized spacial score (nSPS) is 17.1. The molecule has 1 aliphatic heterocycles. The molecule has 2 amide bonds. The zero-order valence-corrected chi connectivity index (χ0v) is 17.4. The van der Waals surface area contributed by atoms with Gasteiger partial charge >= 0.3 is 0 Å². The van der Waals surface area contributed by atoms with Crippen molar-refractivity contribution in [3.05, 3.63) is 58.9 Å². The first-order valence-electron chi connectivity index (χ1n) is 9.88. The van der Waals surface area contributed by atoms with Crippen LogP contribution in [0.15, 0.2) is 41.8 Å². The zero-order valence-electron chi connectivity index (χ0n) is 16.6. The predicted molar refractivity (Wildman–Crippen MR) is 113 cm³/mol. The van der Waals surface area contributed by atoms with Gasteiger partial charge in [0.05, 0.1) is 6.54 Å². The van der Waals surface area contributed by atoms with Crippen molar-refractivity contribution in [2.45, 2.75) is 32.9 Å². The van der Waals surface area contributed by atoms with Gasteiger partial charge in [0.2, 0.25) is 5.91 Å². The van der Waals surface area contributed by atoms with Crippen molar-refractivity contribution in [3.8, 4) is 0 Å². The summed E-state index contributed by atoms with van der Waals surface area (Å²) < 4.78 is 16.2. The molecule has 0 radical (unpaired) electrons. The molecule has 0 spiro atoms. The number of aromatic nitrogens is 1. The molecule has 0 bridgehead atoms. The fraction of sp³-hybridized carbons (Fsp3) is 0.364. The first kappa shape index (κ1) is 19.6. The number of halogens is 1. The summed E-state index contributed by atoms with van der Waals surface area (Å²) >= 11 is 1.55. The van der Waals surface area contributed by atoms with Crippen molar-refractivity contribution in [2.75, 3.05) is 19.6 Å². The van der Waals surface area contributed by atoms with Gasteiger partial charge in [-0.1, -0.05) is 25.1 Å². The van der Waals surface area contributed by atoms with E-state index in [1.54, 1.807) is 34.4 Å². The number of rotatable bonds is 4. The highest BCUT2D eigenvalue weighted by atomic mass is 32.1. The van der Waals surface area contributed by atoms with Crippen LogP contribution in [0.3, 0.4) is 0 Å². The number of hydrogen-bond acceptors (Lipinski definition) is 3. The largest absolute Gasteiger partial charge is 0.336 e. The Morgan fingerprint density at radius 1 is 1.21 bits per heavy atom. The Bertz CT molecular complexity index is 1060. The standard InChI is InChI=1S/C22H24FN3O2S/c1-3-20(27)25-10-9-24(13-15(25)2)21(28)19-12-16-8-11-29-22(16)26(19)14-17-6-4-5-7-18(17)23/h4-8,11-12,15H,3,9-10,13-14H2,1-2H3. The van der Waals surface area contributed by atoms with Crippen LogP contribution in [0.2, 0.25) is 0 Å². The van der Waals surface area contributed by atoms with Gasteiger partial charge in [0.15, 0.2) is 0 Å². The van der Waals surface area contributed by atoms with Gasteiger partial charge in [-0.25, -0.2) is 4.39 Å². The van der Waals surface area contributed by atoms with Crippen molar-refractivity contribution in [1.82, 2.24) is 14.4 Å². The third-order valence-corrected chi connectivity index (χ3v) is 6.50. The Balaban J connectivity index is 1.62. The third kappa shape index (κ3) is 3.67. The van der Waals surface area contributed by atoms with Crippen molar-refractivity contribution in [1.29, 1.82) is 0 Å².